The number of ether oxygens (including phenoxy) is 1. The highest BCUT2D eigenvalue weighted by molar-refractivity contribution is 6.01. The van der Waals surface area contributed by atoms with Gasteiger partial charge in [0, 0.05) is 11.2 Å². The number of anilines is 1. The summed E-state index contributed by atoms with van der Waals surface area (Å²) in [7, 11) is 0. The summed E-state index contributed by atoms with van der Waals surface area (Å²) < 4.78 is 5.38. The maximum Gasteiger partial charge on any atom is 0.408 e. The van der Waals surface area contributed by atoms with E-state index < -0.39 is 53.5 Å². The van der Waals surface area contributed by atoms with E-state index in [1.165, 1.54) is 4.90 Å². The van der Waals surface area contributed by atoms with Crippen molar-refractivity contribution in [3.8, 4) is 0 Å². The molecule has 0 aliphatic heterocycles. The average molecular weight is 589 g/mol. The Bertz CT molecular complexity index is 1490. The number of nitrogens with zero attached hydrogens (tertiary/aromatic N) is 1. The first-order valence-corrected chi connectivity index (χ1v) is 14.5. The quantitative estimate of drug-likeness (QED) is 0.271. The molecule has 2 unspecified atom stereocenters. The molecule has 4 N–H and O–H groups in total. The van der Waals surface area contributed by atoms with Gasteiger partial charge in [0.05, 0.1) is 6.42 Å². The Morgan fingerprint density at radius 2 is 1.49 bits per heavy atom. The molecular weight excluding hydrogens is 544 g/mol. The number of alkyl carbamates (subject to hydrolysis) is 1. The number of hydrogen-bond acceptors (Lipinski definition) is 5. The van der Waals surface area contributed by atoms with E-state index >= 15 is 0 Å². The monoisotopic (exact) mass is 588 g/mol. The third-order valence-electron chi connectivity index (χ3n) is 7.23. The highest BCUT2D eigenvalue weighted by Crippen LogP contribution is 2.34. The Morgan fingerprint density at radius 1 is 0.884 bits per heavy atom. The summed E-state index contributed by atoms with van der Waals surface area (Å²) in [5, 5.41) is 7.53. The number of rotatable bonds is 10. The van der Waals surface area contributed by atoms with Crippen molar-refractivity contribution < 1.29 is 23.9 Å². The highest BCUT2D eigenvalue weighted by Gasteiger charge is 2.43. The molecule has 230 valence electrons. The number of hydrogen-bond donors (Lipinski definition) is 3. The minimum atomic E-state index is -1.36. The number of primary amides is 1. The third-order valence-corrected chi connectivity index (χ3v) is 7.23. The van der Waals surface area contributed by atoms with E-state index in [1.54, 1.807) is 20.8 Å². The average Bonchev–Trinajstić information content (AvgIpc) is 2.88. The summed E-state index contributed by atoms with van der Waals surface area (Å²) in [4.78, 5) is 55.1. The number of fused-ring (bicyclic) bond motifs is 1. The molecule has 0 spiro atoms. The van der Waals surface area contributed by atoms with Gasteiger partial charge in [-0.2, -0.15) is 0 Å². The van der Waals surface area contributed by atoms with Crippen LogP contribution in [-0.2, 0) is 19.1 Å². The van der Waals surface area contributed by atoms with E-state index in [0.717, 1.165) is 21.9 Å². The Balaban J connectivity index is 2.15. The molecular formula is C34H44N4O5. The van der Waals surface area contributed by atoms with E-state index in [1.807, 2.05) is 95.3 Å². The maximum absolute atomic E-state index is 14.5. The fourth-order valence-corrected chi connectivity index (χ4v) is 5.03. The largest absolute Gasteiger partial charge is 0.444 e. The standard InChI is InChI=1S/C34H44N4O5/c1-9-34(7,8)38(31(41)27(20-28(35)39)37-32(42)43-33(4,5)6)29(25-17-21(2)16-22(3)18-25)30(40)36-26-15-14-23-12-10-11-13-24(23)19-26/h10-19,27,29H,9,20H2,1-8H3,(H2,35,39)(H,36,40)(H,37,42). The van der Waals surface area contributed by atoms with Crippen molar-refractivity contribution in [2.75, 3.05) is 5.32 Å². The molecule has 0 heterocycles. The second-order valence-corrected chi connectivity index (χ2v) is 12.6. The SMILES string of the molecule is CCC(C)(C)N(C(=O)C(CC(N)=O)NC(=O)OC(C)(C)C)C(C(=O)Nc1ccc2ccccc2c1)c1cc(C)cc(C)c1. The minimum Gasteiger partial charge on any atom is -0.444 e. The van der Waals surface area contributed by atoms with Gasteiger partial charge in [-0.15, -0.1) is 0 Å². The van der Waals surface area contributed by atoms with Crippen LogP contribution in [0, 0.1) is 13.8 Å². The molecule has 43 heavy (non-hydrogen) atoms. The van der Waals surface area contributed by atoms with Crippen molar-refractivity contribution in [2.24, 2.45) is 5.73 Å². The second-order valence-electron chi connectivity index (χ2n) is 12.6. The van der Waals surface area contributed by atoms with E-state index in [0.29, 0.717) is 17.7 Å². The predicted molar refractivity (Wildman–Crippen MR) is 169 cm³/mol. The Labute approximate surface area is 254 Å². The molecule has 2 atom stereocenters. The van der Waals surface area contributed by atoms with Crippen LogP contribution >= 0.6 is 0 Å². The summed E-state index contributed by atoms with van der Waals surface area (Å²) in [6.07, 6.45) is -0.871. The zero-order valence-corrected chi connectivity index (χ0v) is 26.4. The summed E-state index contributed by atoms with van der Waals surface area (Å²) >= 11 is 0. The van der Waals surface area contributed by atoms with Gasteiger partial charge >= 0.3 is 6.09 Å². The molecule has 3 aromatic carbocycles. The fourth-order valence-electron chi connectivity index (χ4n) is 5.03. The van der Waals surface area contributed by atoms with Crippen LogP contribution in [0.4, 0.5) is 10.5 Å². The van der Waals surface area contributed by atoms with Crippen LogP contribution in [0.15, 0.2) is 60.7 Å². The van der Waals surface area contributed by atoms with Crippen LogP contribution in [-0.4, -0.2) is 45.9 Å². The van der Waals surface area contributed by atoms with E-state index in [4.69, 9.17) is 10.5 Å². The number of nitrogens with one attached hydrogen (secondary N) is 2. The lowest BCUT2D eigenvalue weighted by atomic mass is 9.90. The predicted octanol–water partition coefficient (Wildman–Crippen LogP) is 5.92. The molecule has 3 rings (SSSR count). The van der Waals surface area contributed by atoms with E-state index in [-0.39, 0.29) is 0 Å². The number of aryl methyl sites for hydroxylation is 2. The Kier molecular flexibility index (Phi) is 10.2. The third kappa shape index (κ3) is 8.80. The zero-order valence-electron chi connectivity index (χ0n) is 26.4. The molecule has 0 aromatic heterocycles. The molecule has 0 fully saturated rings. The van der Waals surface area contributed by atoms with Crippen LogP contribution in [0.2, 0.25) is 0 Å². The van der Waals surface area contributed by atoms with Gasteiger partial charge in [0.25, 0.3) is 5.91 Å². The highest BCUT2D eigenvalue weighted by atomic mass is 16.6. The van der Waals surface area contributed by atoms with Gasteiger partial charge in [-0.1, -0.05) is 66.6 Å². The normalized spacial score (nSPS) is 13.1. The summed E-state index contributed by atoms with van der Waals surface area (Å²) in [5.41, 5.74) is 6.81. The number of amides is 4. The molecule has 0 aliphatic rings. The van der Waals surface area contributed by atoms with Crippen molar-refractivity contribution in [3.05, 3.63) is 77.4 Å². The number of carbonyl (C=O) groups is 4. The van der Waals surface area contributed by atoms with Gasteiger partial charge in [0.15, 0.2) is 0 Å². The minimum absolute atomic E-state index is 0.440. The van der Waals surface area contributed by atoms with Gasteiger partial charge < -0.3 is 26.0 Å². The number of carbonyl (C=O) groups excluding carboxylic acids is 4. The lowest BCUT2D eigenvalue weighted by Gasteiger charge is -2.44. The lowest BCUT2D eigenvalue weighted by Crippen LogP contribution is -2.59. The number of benzene rings is 3. The molecule has 9 heteroatoms. The number of nitrogens with two attached hydrogens (primary N) is 1. The van der Waals surface area contributed by atoms with E-state index in [2.05, 4.69) is 10.6 Å². The molecule has 9 nitrogen and oxygen atoms in total. The van der Waals surface area contributed by atoms with Gasteiger partial charge in [0.2, 0.25) is 11.8 Å². The Morgan fingerprint density at radius 3 is 2.05 bits per heavy atom. The van der Waals surface area contributed by atoms with E-state index in [9.17, 15) is 19.2 Å². The fraction of sp³-hybridized carbons (Fsp3) is 0.412. The van der Waals surface area contributed by atoms with Crippen molar-refractivity contribution in [2.45, 2.75) is 91.5 Å². The summed E-state index contributed by atoms with van der Waals surface area (Å²) in [6.45, 7) is 14.5. The van der Waals surface area contributed by atoms with Crippen LogP contribution in [0.1, 0.15) is 77.1 Å². The van der Waals surface area contributed by atoms with Crippen molar-refractivity contribution in [1.82, 2.24) is 10.2 Å². The van der Waals surface area contributed by atoms with Gasteiger partial charge in [-0.3, -0.25) is 14.4 Å². The zero-order chi connectivity index (χ0) is 32.1. The first-order chi connectivity index (χ1) is 20.0. The van der Waals surface area contributed by atoms with Crippen molar-refractivity contribution in [3.63, 3.8) is 0 Å². The van der Waals surface area contributed by atoms with Gasteiger partial charge in [-0.25, -0.2) is 4.79 Å². The molecule has 4 amide bonds. The smallest absolute Gasteiger partial charge is 0.408 e. The van der Waals surface area contributed by atoms with Crippen molar-refractivity contribution >= 4 is 40.3 Å². The molecule has 0 radical (unpaired) electrons. The van der Waals surface area contributed by atoms with Crippen LogP contribution in [0.25, 0.3) is 10.8 Å². The second kappa shape index (κ2) is 13.3. The molecule has 0 saturated heterocycles. The van der Waals surface area contributed by atoms with Crippen LogP contribution in [0.5, 0.6) is 0 Å². The maximum atomic E-state index is 14.5. The molecule has 0 saturated carbocycles. The van der Waals surface area contributed by atoms with Crippen molar-refractivity contribution in [1.29, 1.82) is 0 Å². The Hall–Kier alpha value is -4.40. The summed E-state index contributed by atoms with van der Waals surface area (Å²) in [6, 6.07) is 16.7. The topological polar surface area (TPSA) is 131 Å². The molecule has 0 aliphatic carbocycles. The first-order valence-electron chi connectivity index (χ1n) is 14.5. The lowest BCUT2D eigenvalue weighted by molar-refractivity contribution is -0.148. The first kappa shape index (κ1) is 33.1. The molecule has 3 aromatic rings. The van der Waals surface area contributed by atoms with Gasteiger partial charge in [0.1, 0.15) is 17.7 Å². The summed E-state index contributed by atoms with van der Waals surface area (Å²) in [5.74, 6) is -1.85. The molecule has 0 bridgehead atoms. The van der Waals surface area contributed by atoms with Crippen LogP contribution in [0.3, 0.4) is 0 Å². The van der Waals surface area contributed by atoms with Crippen LogP contribution < -0.4 is 16.4 Å². The van der Waals surface area contributed by atoms with Gasteiger partial charge in [-0.05, 0) is 83.4 Å².